The maximum atomic E-state index is 11.4. The summed E-state index contributed by atoms with van der Waals surface area (Å²) < 4.78 is 0. The molecule has 0 aliphatic heterocycles. The molecule has 0 aromatic heterocycles. The minimum absolute atomic E-state index is 0.0222. The Morgan fingerprint density at radius 3 is 2.38 bits per heavy atom. The first-order valence-corrected chi connectivity index (χ1v) is 5.30. The van der Waals surface area contributed by atoms with Crippen molar-refractivity contribution in [3.63, 3.8) is 0 Å². The predicted molar refractivity (Wildman–Crippen MR) is 68.4 cm³/mol. The van der Waals surface area contributed by atoms with Crippen molar-refractivity contribution in [3.05, 3.63) is 54.1 Å². The summed E-state index contributed by atoms with van der Waals surface area (Å²) in [5, 5.41) is 2.28. The molecule has 0 atom stereocenters. The topological polar surface area (TPSA) is 17.1 Å². The summed E-state index contributed by atoms with van der Waals surface area (Å²) in [6.07, 6.45) is 0. The van der Waals surface area contributed by atoms with Gasteiger partial charge in [0.2, 0.25) is 0 Å². The molecule has 2 aromatic rings. The Kier molecular flexibility index (Phi) is 2.61. The zero-order valence-corrected chi connectivity index (χ0v) is 9.58. The van der Waals surface area contributed by atoms with E-state index in [4.69, 9.17) is 0 Å². The van der Waals surface area contributed by atoms with Crippen molar-refractivity contribution >= 4 is 22.1 Å². The molecule has 0 bridgehead atoms. The molecule has 0 heterocycles. The molecule has 0 fully saturated rings. The van der Waals surface area contributed by atoms with E-state index in [1.807, 2.05) is 24.3 Å². The standard InChI is InChI=1S/C15H14O/c1-10-6-4-9-15-13(10)7-5-8-14(15)11(2)12(3)16/h4-9H,2H2,1,3H3. The number of aryl methyl sites for hydroxylation is 1. The monoisotopic (exact) mass is 210 g/mol. The number of benzene rings is 2. The zero-order chi connectivity index (χ0) is 11.7. The summed E-state index contributed by atoms with van der Waals surface area (Å²) in [6.45, 7) is 7.48. The van der Waals surface area contributed by atoms with Crippen LogP contribution in [-0.2, 0) is 4.79 Å². The van der Waals surface area contributed by atoms with Crippen LogP contribution in [0.3, 0.4) is 0 Å². The van der Waals surface area contributed by atoms with Gasteiger partial charge in [-0.3, -0.25) is 4.79 Å². The SMILES string of the molecule is C=C(C(C)=O)c1cccc2c(C)cccc12. The first kappa shape index (κ1) is 10.6. The third-order valence-corrected chi connectivity index (χ3v) is 2.89. The number of hydrogen-bond acceptors (Lipinski definition) is 1. The minimum atomic E-state index is 0.0222. The molecule has 0 unspecified atom stereocenters. The zero-order valence-electron chi connectivity index (χ0n) is 9.58. The van der Waals surface area contributed by atoms with Crippen LogP contribution in [0.15, 0.2) is 43.0 Å². The molecule has 0 N–H and O–H groups in total. The van der Waals surface area contributed by atoms with E-state index in [-0.39, 0.29) is 5.78 Å². The van der Waals surface area contributed by atoms with Crippen LogP contribution in [0.5, 0.6) is 0 Å². The number of carbonyl (C=O) groups is 1. The lowest BCUT2D eigenvalue weighted by Gasteiger charge is -2.08. The number of carbonyl (C=O) groups excluding carboxylic acids is 1. The van der Waals surface area contributed by atoms with Crippen LogP contribution < -0.4 is 0 Å². The van der Waals surface area contributed by atoms with Crippen molar-refractivity contribution < 1.29 is 4.79 Å². The minimum Gasteiger partial charge on any atom is -0.295 e. The van der Waals surface area contributed by atoms with Crippen molar-refractivity contribution in [2.24, 2.45) is 0 Å². The van der Waals surface area contributed by atoms with Crippen LogP contribution in [0, 0.1) is 6.92 Å². The molecule has 0 aliphatic rings. The maximum absolute atomic E-state index is 11.4. The van der Waals surface area contributed by atoms with Crippen LogP contribution in [0.1, 0.15) is 18.1 Å². The van der Waals surface area contributed by atoms with E-state index in [0.717, 1.165) is 10.9 Å². The highest BCUT2D eigenvalue weighted by Gasteiger charge is 2.08. The van der Waals surface area contributed by atoms with Crippen molar-refractivity contribution in [2.75, 3.05) is 0 Å². The number of ketones is 1. The molecule has 0 amide bonds. The van der Waals surface area contributed by atoms with Gasteiger partial charge in [0, 0.05) is 5.57 Å². The third-order valence-electron chi connectivity index (χ3n) is 2.89. The number of hydrogen-bond donors (Lipinski definition) is 0. The van der Waals surface area contributed by atoms with Gasteiger partial charge in [0.25, 0.3) is 0 Å². The summed E-state index contributed by atoms with van der Waals surface area (Å²) in [6, 6.07) is 12.1. The van der Waals surface area contributed by atoms with E-state index in [0.29, 0.717) is 5.57 Å². The van der Waals surface area contributed by atoms with Gasteiger partial charge in [0.15, 0.2) is 5.78 Å². The molecule has 80 valence electrons. The summed E-state index contributed by atoms with van der Waals surface area (Å²) in [7, 11) is 0. The second-order valence-corrected chi connectivity index (χ2v) is 4.01. The first-order chi connectivity index (χ1) is 7.61. The fraction of sp³-hybridized carbons (Fsp3) is 0.133. The fourth-order valence-corrected chi connectivity index (χ4v) is 1.92. The van der Waals surface area contributed by atoms with Crippen molar-refractivity contribution in [1.29, 1.82) is 0 Å². The second-order valence-electron chi connectivity index (χ2n) is 4.01. The van der Waals surface area contributed by atoms with E-state index in [1.54, 1.807) is 6.92 Å². The van der Waals surface area contributed by atoms with E-state index in [9.17, 15) is 4.79 Å². The number of Topliss-reactive ketones (excluding diaryl/α,β-unsaturated/α-hetero) is 1. The molecule has 2 aromatic carbocycles. The van der Waals surface area contributed by atoms with Crippen molar-refractivity contribution in [2.45, 2.75) is 13.8 Å². The van der Waals surface area contributed by atoms with Crippen molar-refractivity contribution in [1.82, 2.24) is 0 Å². The molecule has 0 aliphatic carbocycles. The predicted octanol–water partition coefficient (Wildman–Crippen LogP) is 3.75. The number of fused-ring (bicyclic) bond motifs is 1. The largest absolute Gasteiger partial charge is 0.295 e. The molecule has 0 saturated carbocycles. The molecular weight excluding hydrogens is 196 g/mol. The Labute approximate surface area is 95.4 Å². The van der Waals surface area contributed by atoms with Gasteiger partial charge < -0.3 is 0 Å². The van der Waals surface area contributed by atoms with Crippen LogP contribution in [0.25, 0.3) is 16.3 Å². The van der Waals surface area contributed by atoms with Crippen LogP contribution in [0.4, 0.5) is 0 Å². The molecule has 0 spiro atoms. The Morgan fingerprint density at radius 2 is 1.69 bits per heavy atom. The normalized spacial score (nSPS) is 10.4. The van der Waals surface area contributed by atoms with Gasteiger partial charge in [0.1, 0.15) is 0 Å². The van der Waals surface area contributed by atoms with Gasteiger partial charge in [0.05, 0.1) is 0 Å². The van der Waals surface area contributed by atoms with Crippen molar-refractivity contribution in [3.8, 4) is 0 Å². The average molecular weight is 210 g/mol. The van der Waals surface area contributed by atoms with Gasteiger partial charge in [-0.1, -0.05) is 43.0 Å². The molecule has 0 saturated heterocycles. The number of allylic oxidation sites excluding steroid dienone is 1. The van der Waals surface area contributed by atoms with Crippen LogP contribution in [-0.4, -0.2) is 5.78 Å². The number of rotatable bonds is 2. The lowest BCUT2D eigenvalue weighted by atomic mass is 9.95. The highest BCUT2D eigenvalue weighted by molar-refractivity contribution is 6.22. The van der Waals surface area contributed by atoms with E-state index in [1.165, 1.54) is 10.9 Å². The van der Waals surface area contributed by atoms with Gasteiger partial charge >= 0.3 is 0 Å². The molecule has 1 nitrogen and oxygen atoms in total. The Morgan fingerprint density at radius 1 is 1.06 bits per heavy atom. The lowest BCUT2D eigenvalue weighted by Crippen LogP contribution is -1.95. The molecule has 2 rings (SSSR count). The highest BCUT2D eigenvalue weighted by Crippen LogP contribution is 2.26. The third kappa shape index (κ3) is 1.65. The van der Waals surface area contributed by atoms with Gasteiger partial charge in [-0.15, -0.1) is 0 Å². The van der Waals surface area contributed by atoms with E-state index in [2.05, 4.69) is 25.6 Å². The molecule has 0 radical (unpaired) electrons. The summed E-state index contributed by atoms with van der Waals surface area (Å²) in [5.41, 5.74) is 2.74. The quantitative estimate of drug-likeness (QED) is 0.690. The summed E-state index contributed by atoms with van der Waals surface area (Å²) >= 11 is 0. The Hall–Kier alpha value is -1.89. The maximum Gasteiger partial charge on any atom is 0.159 e. The molecule has 16 heavy (non-hydrogen) atoms. The Bertz CT molecular complexity index is 579. The fourth-order valence-electron chi connectivity index (χ4n) is 1.92. The highest BCUT2D eigenvalue weighted by atomic mass is 16.1. The van der Waals surface area contributed by atoms with E-state index >= 15 is 0 Å². The lowest BCUT2D eigenvalue weighted by molar-refractivity contribution is -0.111. The summed E-state index contributed by atoms with van der Waals surface area (Å²) in [5.74, 6) is 0.0222. The van der Waals surface area contributed by atoms with Crippen LogP contribution in [0.2, 0.25) is 0 Å². The van der Waals surface area contributed by atoms with Gasteiger partial charge in [-0.2, -0.15) is 0 Å². The van der Waals surface area contributed by atoms with Gasteiger partial charge in [-0.25, -0.2) is 0 Å². The second kappa shape index (κ2) is 3.93. The van der Waals surface area contributed by atoms with E-state index < -0.39 is 0 Å². The van der Waals surface area contributed by atoms with Gasteiger partial charge in [-0.05, 0) is 35.7 Å². The summed E-state index contributed by atoms with van der Waals surface area (Å²) in [4.78, 5) is 11.4. The smallest absolute Gasteiger partial charge is 0.159 e. The van der Waals surface area contributed by atoms with Crippen LogP contribution >= 0.6 is 0 Å². The average Bonchev–Trinajstić information content (AvgIpc) is 2.28. The Balaban J connectivity index is 2.77. The molecular formula is C15H14O. The first-order valence-electron chi connectivity index (χ1n) is 5.30. The molecule has 1 heteroatoms.